The van der Waals surface area contributed by atoms with Crippen molar-refractivity contribution in [3.63, 3.8) is 0 Å². The molecule has 0 unspecified atom stereocenters. The van der Waals surface area contributed by atoms with Crippen LogP contribution >= 0.6 is 0 Å². The van der Waals surface area contributed by atoms with Crippen molar-refractivity contribution in [2.75, 3.05) is 17.2 Å². The van der Waals surface area contributed by atoms with Crippen LogP contribution in [0.1, 0.15) is 6.92 Å². The van der Waals surface area contributed by atoms with Crippen LogP contribution in [0, 0.1) is 0 Å². The van der Waals surface area contributed by atoms with Crippen LogP contribution in [0.4, 0.5) is 16.3 Å². The number of aromatic nitrogens is 1. The van der Waals surface area contributed by atoms with Crippen molar-refractivity contribution in [2.24, 2.45) is 0 Å². The van der Waals surface area contributed by atoms with Crippen molar-refractivity contribution in [1.29, 1.82) is 0 Å². The minimum atomic E-state index is -0.391. The monoisotopic (exact) mass is 247 g/mol. The third kappa shape index (κ3) is 3.24. The van der Waals surface area contributed by atoms with Gasteiger partial charge in [-0.3, -0.25) is 5.32 Å². The number of urea groups is 1. The van der Waals surface area contributed by atoms with Crippen molar-refractivity contribution >= 4 is 17.5 Å². The maximum atomic E-state index is 11.6. The Morgan fingerprint density at radius 2 is 2.28 bits per heavy atom. The molecule has 0 radical (unpaired) electrons. The van der Waals surface area contributed by atoms with E-state index in [1.54, 1.807) is 24.3 Å². The second-order valence-electron chi connectivity index (χ2n) is 3.42. The second kappa shape index (κ2) is 5.72. The third-order valence-electron chi connectivity index (χ3n) is 2.08. The predicted octanol–water partition coefficient (Wildman–Crippen LogP) is 2.72. The zero-order chi connectivity index (χ0) is 12.8. The standard InChI is InChI=1S/C12H13N3O3/c1-2-17-10-5-3-4-9(8-10)13-12(16)14-11-6-7-18-15-11/h3-8H,2H2,1H3,(H2,13,14,15,16). The molecule has 2 N–H and O–H groups in total. The first-order valence-corrected chi connectivity index (χ1v) is 5.49. The van der Waals surface area contributed by atoms with Crippen LogP contribution in [0.5, 0.6) is 5.75 Å². The highest BCUT2D eigenvalue weighted by atomic mass is 16.5. The van der Waals surface area contributed by atoms with Crippen molar-refractivity contribution < 1.29 is 14.1 Å². The van der Waals surface area contributed by atoms with Crippen LogP contribution in [0.3, 0.4) is 0 Å². The van der Waals surface area contributed by atoms with Crippen molar-refractivity contribution in [1.82, 2.24) is 5.16 Å². The van der Waals surface area contributed by atoms with Gasteiger partial charge >= 0.3 is 6.03 Å². The van der Waals surface area contributed by atoms with E-state index in [2.05, 4.69) is 20.3 Å². The van der Waals surface area contributed by atoms with E-state index in [9.17, 15) is 4.79 Å². The summed E-state index contributed by atoms with van der Waals surface area (Å²) in [5, 5.41) is 8.77. The zero-order valence-corrected chi connectivity index (χ0v) is 9.84. The Morgan fingerprint density at radius 1 is 1.39 bits per heavy atom. The molecule has 0 aliphatic heterocycles. The predicted molar refractivity (Wildman–Crippen MR) is 66.8 cm³/mol. The lowest BCUT2D eigenvalue weighted by molar-refractivity contribution is 0.262. The molecule has 0 saturated heterocycles. The van der Waals surface area contributed by atoms with Crippen LogP contribution in [0.2, 0.25) is 0 Å². The Morgan fingerprint density at radius 3 is 3.00 bits per heavy atom. The lowest BCUT2D eigenvalue weighted by Gasteiger charge is -2.07. The zero-order valence-electron chi connectivity index (χ0n) is 9.84. The number of rotatable bonds is 4. The minimum absolute atomic E-state index is 0.355. The number of anilines is 2. The molecule has 18 heavy (non-hydrogen) atoms. The van der Waals surface area contributed by atoms with E-state index in [0.29, 0.717) is 23.9 Å². The molecule has 0 spiro atoms. The molecule has 1 aromatic carbocycles. The summed E-state index contributed by atoms with van der Waals surface area (Å²) in [5.41, 5.74) is 0.641. The Labute approximate surface area is 104 Å². The fourth-order valence-corrected chi connectivity index (χ4v) is 1.39. The Hall–Kier alpha value is -2.50. The molecule has 0 aliphatic carbocycles. The van der Waals surface area contributed by atoms with Gasteiger partial charge in [0.1, 0.15) is 12.0 Å². The second-order valence-corrected chi connectivity index (χ2v) is 3.42. The maximum Gasteiger partial charge on any atom is 0.324 e. The number of ether oxygens (including phenoxy) is 1. The quantitative estimate of drug-likeness (QED) is 0.870. The first-order chi connectivity index (χ1) is 8.78. The maximum absolute atomic E-state index is 11.6. The van der Waals surface area contributed by atoms with Gasteiger partial charge < -0.3 is 14.6 Å². The van der Waals surface area contributed by atoms with Gasteiger partial charge in [-0.05, 0) is 19.1 Å². The van der Waals surface area contributed by atoms with Crippen LogP contribution in [-0.2, 0) is 0 Å². The normalized spacial score (nSPS) is 9.83. The van der Waals surface area contributed by atoms with E-state index in [-0.39, 0.29) is 0 Å². The number of amides is 2. The van der Waals surface area contributed by atoms with Gasteiger partial charge in [-0.1, -0.05) is 11.2 Å². The molecule has 1 heterocycles. The molecule has 2 aromatic rings. The molecular formula is C12H13N3O3. The lowest BCUT2D eigenvalue weighted by Crippen LogP contribution is -2.19. The first kappa shape index (κ1) is 12.0. The molecule has 0 fully saturated rings. The molecule has 2 rings (SSSR count). The molecule has 6 heteroatoms. The summed E-state index contributed by atoms with van der Waals surface area (Å²) in [4.78, 5) is 11.6. The lowest BCUT2D eigenvalue weighted by atomic mass is 10.3. The number of nitrogens with zero attached hydrogens (tertiary/aromatic N) is 1. The molecule has 0 aliphatic rings. The summed E-state index contributed by atoms with van der Waals surface area (Å²) in [6.45, 7) is 2.48. The average molecular weight is 247 g/mol. The highest BCUT2D eigenvalue weighted by Crippen LogP contribution is 2.17. The van der Waals surface area contributed by atoms with E-state index < -0.39 is 6.03 Å². The minimum Gasteiger partial charge on any atom is -0.494 e. The van der Waals surface area contributed by atoms with Gasteiger partial charge in [-0.25, -0.2) is 4.79 Å². The van der Waals surface area contributed by atoms with E-state index >= 15 is 0 Å². The van der Waals surface area contributed by atoms with Gasteiger partial charge in [-0.2, -0.15) is 0 Å². The summed E-state index contributed by atoms with van der Waals surface area (Å²) < 4.78 is 9.94. The summed E-state index contributed by atoms with van der Waals surface area (Å²) in [5.74, 6) is 1.06. The summed E-state index contributed by atoms with van der Waals surface area (Å²) in [6, 6.07) is 8.30. The van der Waals surface area contributed by atoms with Crippen molar-refractivity contribution in [3.8, 4) is 5.75 Å². The first-order valence-electron chi connectivity index (χ1n) is 5.49. The topological polar surface area (TPSA) is 76.4 Å². The van der Waals surface area contributed by atoms with Gasteiger partial charge in [0.25, 0.3) is 0 Å². The fourth-order valence-electron chi connectivity index (χ4n) is 1.39. The van der Waals surface area contributed by atoms with Crippen molar-refractivity contribution in [2.45, 2.75) is 6.92 Å². The molecule has 0 bridgehead atoms. The van der Waals surface area contributed by atoms with Crippen LogP contribution in [0.15, 0.2) is 41.1 Å². The largest absolute Gasteiger partial charge is 0.494 e. The Kier molecular flexibility index (Phi) is 3.80. The fraction of sp³-hybridized carbons (Fsp3) is 0.167. The van der Waals surface area contributed by atoms with Crippen LogP contribution in [-0.4, -0.2) is 17.8 Å². The molecule has 0 saturated carbocycles. The van der Waals surface area contributed by atoms with E-state index in [1.807, 2.05) is 13.0 Å². The molecule has 1 aromatic heterocycles. The summed E-state index contributed by atoms with van der Waals surface area (Å²) in [7, 11) is 0. The van der Waals surface area contributed by atoms with Crippen molar-refractivity contribution in [3.05, 3.63) is 36.6 Å². The molecule has 94 valence electrons. The average Bonchev–Trinajstić information content (AvgIpc) is 2.82. The molecule has 6 nitrogen and oxygen atoms in total. The van der Waals surface area contributed by atoms with Gasteiger partial charge in [-0.15, -0.1) is 0 Å². The highest BCUT2D eigenvalue weighted by molar-refractivity contribution is 5.99. The smallest absolute Gasteiger partial charge is 0.324 e. The summed E-state index contributed by atoms with van der Waals surface area (Å²) >= 11 is 0. The molecular weight excluding hydrogens is 234 g/mol. The summed E-state index contributed by atoms with van der Waals surface area (Å²) in [6.07, 6.45) is 1.38. The van der Waals surface area contributed by atoms with Crippen LogP contribution in [0.25, 0.3) is 0 Å². The molecule has 0 atom stereocenters. The van der Waals surface area contributed by atoms with Gasteiger partial charge in [0.2, 0.25) is 0 Å². The number of carbonyl (C=O) groups excluding carboxylic acids is 1. The van der Waals surface area contributed by atoms with Gasteiger partial charge in [0.15, 0.2) is 5.82 Å². The van der Waals surface area contributed by atoms with Gasteiger partial charge in [0, 0.05) is 17.8 Å². The van der Waals surface area contributed by atoms with Crippen LogP contribution < -0.4 is 15.4 Å². The van der Waals surface area contributed by atoms with E-state index in [1.165, 1.54) is 6.26 Å². The molecule has 2 amide bonds. The van der Waals surface area contributed by atoms with Gasteiger partial charge in [0.05, 0.1) is 6.61 Å². The number of benzene rings is 1. The third-order valence-corrected chi connectivity index (χ3v) is 2.08. The van der Waals surface area contributed by atoms with E-state index in [0.717, 1.165) is 0 Å². The highest BCUT2D eigenvalue weighted by Gasteiger charge is 2.05. The Bertz CT molecular complexity index is 511. The SMILES string of the molecule is CCOc1cccc(NC(=O)Nc2ccon2)c1. The number of hydrogen-bond acceptors (Lipinski definition) is 4. The number of carbonyl (C=O) groups is 1. The Balaban J connectivity index is 1.96. The number of hydrogen-bond donors (Lipinski definition) is 2. The number of nitrogens with one attached hydrogen (secondary N) is 2. The van der Waals surface area contributed by atoms with E-state index in [4.69, 9.17) is 4.74 Å².